The Bertz CT molecular complexity index is 805. The number of nitrogens with zero attached hydrogens (tertiary/aromatic N) is 1. The summed E-state index contributed by atoms with van der Waals surface area (Å²) in [5.74, 6) is -0.777. The molecule has 0 aliphatic carbocycles. The number of carbonyl (C=O) groups is 3. The van der Waals surface area contributed by atoms with Gasteiger partial charge in [0.15, 0.2) is 0 Å². The molecule has 0 aliphatic heterocycles. The monoisotopic (exact) mass is 382 g/mol. The third-order valence-electron chi connectivity index (χ3n) is 4.41. The molecular weight excluding hydrogens is 356 g/mol. The summed E-state index contributed by atoms with van der Waals surface area (Å²) in [5.41, 5.74) is 2.62. The summed E-state index contributed by atoms with van der Waals surface area (Å²) < 4.78 is 4.72. The van der Waals surface area contributed by atoms with Crippen molar-refractivity contribution in [3.05, 3.63) is 71.3 Å². The highest BCUT2D eigenvalue weighted by atomic mass is 16.5. The zero-order chi connectivity index (χ0) is 20.4. The molecule has 0 saturated heterocycles. The highest BCUT2D eigenvalue weighted by molar-refractivity contribution is 5.94. The highest BCUT2D eigenvalue weighted by Crippen LogP contribution is 2.12. The largest absolute Gasteiger partial charge is 0.468 e. The Morgan fingerprint density at radius 2 is 1.68 bits per heavy atom. The summed E-state index contributed by atoms with van der Waals surface area (Å²) in [5, 5.41) is 2.80. The predicted octanol–water partition coefficient (Wildman–Crippen LogP) is 2.71. The molecule has 0 heterocycles. The van der Waals surface area contributed by atoms with Crippen LogP contribution in [0.15, 0.2) is 54.6 Å². The van der Waals surface area contributed by atoms with Gasteiger partial charge in [0.25, 0.3) is 5.91 Å². The summed E-state index contributed by atoms with van der Waals surface area (Å²) in [7, 11) is 1.30. The molecule has 0 spiro atoms. The summed E-state index contributed by atoms with van der Waals surface area (Å²) >= 11 is 0. The number of carbonyl (C=O) groups excluding carboxylic acids is 3. The van der Waals surface area contributed by atoms with Crippen molar-refractivity contribution >= 4 is 17.8 Å². The smallest absolute Gasteiger partial charge is 0.325 e. The predicted molar refractivity (Wildman–Crippen MR) is 107 cm³/mol. The van der Waals surface area contributed by atoms with Gasteiger partial charge in [0.2, 0.25) is 5.91 Å². The molecule has 6 nitrogen and oxygen atoms in total. The number of esters is 1. The van der Waals surface area contributed by atoms with Crippen molar-refractivity contribution in [1.82, 2.24) is 10.2 Å². The molecule has 28 heavy (non-hydrogen) atoms. The number of benzene rings is 2. The minimum atomic E-state index is -0.459. The van der Waals surface area contributed by atoms with E-state index < -0.39 is 5.97 Å². The lowest BCUT2D eigenvalue weighted by Gasteiger charge is -2.22. The van der Waals surface area contributed by atoms with Crippen molar-refractivity contribution in [2.75, 3.05) is 20.2 Å². The van der Waals surface area contributed by atoms with E-state index in [4.69, 9.17) is 4.74 Å². The molecule has 0 fully saturated rings. The number of nitrogens with one attached hydrogen (secondary N) is 1. The van der Waals surface area contributed by atoms with E-state index in [2.05, 4.69) is 5.32 Å². The Morgan fingerprint density at radius 1 is 1.00 bits per heavy atom. The fourth-order valence-corrected chi connectivity index (χ4v) is 2.74. The van der Waals surface area contributed by atoms with Crippen LogP contribution in [-0.2, 0) is 20.9 Å². The number of amides is 2. The van der Waals surface area contributed by atoms with Crippen molar-refractivity contribution in [3.63, 3.8) is 0 Å². The molecule has 0 aliphatic rings. The first-order valence-corrected chi connectivity index (χ1v) is 9.23. The quantitative estimate of drug-likeness (QED) is 0.534. The van der Waals surface area contributed by atoms with E-state index in [0.29, 0.717) is 25.1 Å². The molecule has 0 bridgehead atoms. The van der Waals surface area contributed by atoms with Crippen molar-refractivity contribution in [2.45, 2.75) is 26.3 Å². The third kappa shape index (κ3) is 6.54. The standard InChI is InChI=1S/C22H26N2O4/c1-17-9-6-7-12-19(17)15-24(16-21(26)28-2)20(25)13-8-14-23-22(27)18-10-4-3-5-11-18/h3-7,9-12H,8,13-16H2,1-2H3,(H,23,27). The molecule has 148 valence electrons. The Hall–Kier alpha value is -3.15. The van der Waals surface area contributed by atoms with Gasteiger partial charge in [0.1, 0.15) is 6.54 Å². The van der Waals surface area contributed by atoms with Gasteiger partial charge < -0.3 is 15.0 Å². The maximum absolute atomic E-state index is 12.6. The van der Waals surface area contributed by atoms with E-state index in [9.17, 15) is 14.4 Å². The van der Waals surface area contributed by atoms with Gasteiger partial charge >= 0.3 is 5.97 Å². The molecule has 1 N–H and O–H groups in total. The van der Waals surface area contributed by atoms with Crippen molar-refractivity contribution in [3.8, 4) is 0 Å². The van der Waals surface area contributed by atoms with Gasteiger partial charge in [-0.1, -0.05) is 42.5 Å². The molecule has 2 aromatic carbocycles. The zero-order valence-corrected chi connectivity index (χ0v) is 16.3. The second-order valence-corrected chi connectivity index (χ2v) is 6.48. The highest BCUT2D eigenvalue weighted by Gasteiger charge is 2.18. The topological polar surface area (TPSA) is 75.7 Å². The first kappa shape index (κ1) is 21.2. The maximum Gasteiger partial charge on any atom is 0.325 e. The third-order valence-corrected chi connectivity index (χ3v) is 4.41. The lowest BCUT2D eigenvalue weighted by Crippen LogP contribution is -2.36. The summed E-state index contributed by atoms with van der Waals surface area (Å²) in [4.78, 5) is 37.8. The Morgan fingerprint density at radius 3 is 2.36 bits per heavy atom. The van der Waals surface area contributed by atoms with Crippen molar-refractivity contribution < 1.29 is 19.1 Å². The maximum atomic E-state index is 12.6. The van der Waals surface area contributed by atoms with Crippen molar-refractivity contribution in [2.24, 2.45) is 0 Å². The minimum Gasteiger partial charge on any atom is -0.468 e. The Balaban J connectivity index is 1.88. The van der Waals surface area contributed by atoms with Crippen LogP contribution in [0.4, 0.5) is 0 Å². The lowest BCUT2D eigenvalue weighted by atomic mass is 10.1. The van der Waals surface area contributed by atoms with Crippen molar-refractivity contribution in [1.29, 1.82) is 0 Å². The van der Waals surface area contributed by atoms with E-state index in [1.807, 2.05) is 37.3 Å². The molecule has 0 unspecified atom stereocenters. The number of hydrogen-bond acceptors (Lipinski definition) is 4. The molecule has 2 rings (SSSR count). The van der Waals surface area contributed by atoms with Crippen LogP contribution in [-0.4, -0.2) is 42.9 Å². The van der Waals surface area contributed by atoms with Gasteiger partial charge in [-0.15, -0.1) is 0 Å². The summed E-state index contributed by atoms with van der Waals surface area (Å²) in [6.45, 7) is 2.60. The molecule has 0 saturated carbocycles. The second-order valence-electron chi connectivity index (χ2n) is 6.48. The number of ether oxygens (including phenoxy) is 1. The van der Waals surface area contributed by atoms with Gasteiger partial charge in [-0.3, -0.25) is 14.4 Å². The first-order chi connectivity index (χ1) is 13.5. The van der Waals surface area contributed by atoms with Gasteiger partial charge in [0.05, 0.1) is 7.11 Å². The molecule has 0 radical (unpaired) electrons. The van der Waals surface area contributed by atoms with Gasteiger partial charge in [0, 0.05) is 25.1 Å². The van der Waals surface area contributed by atoms with E-state index in [1.54, 1.807) is 24.3 Å². The average Bonchev–Trinajstić information content (AvgIpc) is 2.72. The average molecular weight is 382 g/mol. The van der Waals surface area contributed by atoms with Crippen LogP contribution >= 0.6 is 0 Å². The van der Waals surface area contributed by atoms with E-state index in [0.717, 1.165) is 11.1 Å². The van der Waals surface area contributed by atoms with E-state index >= 15 is 0 Å². The van der Waals surface area contributed by atoms with E-state index in [1.165, 1.54) is 12.0 Å². The van der Waals surface area contributed by atoms with Crippen LogP contribution < -0.4 is 5.32 Å². The molecular formula is C22H26N2O4. The van der Waals surface area contributed by atoms with Crippen LogP contribution in [0, 0.1) is 6.92 Å². The normalized spacial score (nSPS) is 10.2. The number of rotatable bonds is 9. The van der Waals surface area contributed by atoms with Gasteiger partial charge in [-0.25, -0.2) is 0 Å². The number of aryl methyl sites for hydroxylation is 1. The van der Waals surface area contributed by atoms with Crippen LogP contribution in [0.5, 0.6) is 0 Å². The Labute approximate surface area is 165 Å². The first-order valence-electron chi connectivity index (χ1n) is 9.23. The molecule has 2 amide bonds. The molecule has 2 aromatic rings. The zero-order valence-electron chi connectivity index (χ0n) is 16.3. The number of hydrogen-bond donors (Lipinski definition) is 1. The molecule has 0 atom stereocenters. The summed E-state index contributed by atoms with van der Waals surface area (Å²) in [6, 6.07) is 16.7. The van der Waals surface area contributed by atoms with Gasteiger partial charge in [-0.05, 0) is 36.6 Å². The minimum absolute atomic E-state index is 0.0972. The molecule has 0 aromatic heterocycles. The van der Waals surface area contributed by atoms with E-state index in [-0.39, 0.29) is 24.8 Å². The van der Waals surface area contributed by atoms with Gasteiger partial charge in [-0.2, -0.15) is 0 Å². The fraction of sp³-hybridized carbons (Fsp3) is 0.318. The Kier molecular flexibility index (Phi) is 8.21. The second kappa shape index (κ2) is 10.9. The fourth-order valence-electron chi connectivity index (χ4n) is 2.74. The SMILES string of the molecule is COC(=O)CN(Cc1ccccc1C)C(=O)CCCNC(=O)c1ccccc1. The summed E-state index contributed by atoms with van der Waals surface area (Å²) in [6.07, 6.45) is 0.723. The van der Waals surface area contributed by atoms with Crippen LogP contribution in [0.25, 0.3) is 0 Å². The number of methoxy groups -OCH3 is 1. The van der Waals surface area contributed by atoms with Crippen LogP contribution in [0.1, 0.15) is 34.3 Å². The van der Waals surface area contributed by atoms with Crippen LogP contribution in [0.2, 0.25) is 0 Å². The lowest BCUT2D eigenvalue weighted by molar-refractivity contribution is -0.147. The van der Waals surface area contributed by atoms with Crippen LogP contribution in [0.3, 0.4) is 0 Å². The molecule has 6 heteroatoms.